The van der Waals surface area contributed by atoms with Crippen LogP contribution in [0.4, 0.5) is 0 Å². The molecule has 0 unspecified atom stereocenters. The van der Waals surface area contributed by atoms with Gasteiger partial charge in [0.15, 0.2) is 17.0 Å². The first-order valence-corrected chi connectivity index (χ1v) is 15.8. The molecular weight excluding hydrogens is 608 g/mol. The Balaban J connectivity index is 1.27. The van der Waals surface area contributed by atoms with E-state index in [-0.39, 0.29) is 18.3 Å². The fourth-order valence-electron chi connectivity index (χ4n) is 5.47. The number of nitrogens with zero attached hydrogens (tertiary/aromatic N) is 6. The number of fused-ring (bicyclic) bond motifs is 1. The zero-order chi connectivity index (χ0) is 32.2. The van der Waals surface area contributed by atoms with Gasteiger partial charge in [-0.05, 0) is 56.1 Å². The summed E-state index contributed by atoms with van der Waals surface area (Å²) in [6.45, 7) is 5.92. The van der Waals surface area contributed by atoms with E-state index in [2.05, 4.69) is 26.9 Å². The van der Waals surface area contributed by atoms with Gasteiger partial charge >= 0.3 is 11.9 Å². The maximum absolute atomic E-state index is 13.1. The van der Waals surface area contributed by atoms with Crippen molar-refractivity contribution in [3.8, 4) is 5.82 Å². The SMILES string of the molecule is CCCCCc1nccn1-c1nc(Cl)nc2c1ncn2[C@H]1C[C@H](OC(=O)c2ccc(C)cc2)[C@@H](COC(=O)c2ccc(C)cc2)O1. The molecule has 238 valence electrons. The number of rotatable bonds is 11. The van der Waals surface area contributed by atoms with E-state index in [1.807, 2.05) is 48.9 Å². The van der Waals surface area contributed by atoms with Gasteiger partial charge in [0, 0.05) is 25.2 Å². The molecule has 6 rings (SSSR count). The highest BCUT2D eigenvalue weighted by atomic mass is 35.5. The average molecular weight is 643 g/mol. The van der Waals surface area contributed by atoms with Crippen LogP contribution in [0.3, 0.4) is 0 Å². The average Bonchev–Trinajstić information content (AvgIpc) is 3.79. The van der Waals surface area contributed by atoms with Gasteiger partial charge in [0.1, 0.15) is 30.9 Å². The Kier molecular flexibility index (Phi) is 9.41. The Bertz CT molecular complexity index is 1840. The van der Waals surface area contributed by atoms with Crippen LogP contribution < -0.4 is 0 Å². The van der Waals surface area contributed by atoms with Crippen molar-refractivity contribution in [2.45, 2.75) is 71.3 Å². The van der Waals surface area contributed by atoms with Crippen molar-refractivity contribution >= 4 is 34.7 Å². The van der Waals surface area contributed by atoms with E-state index in [9.17, 15) is 9.59 Å². The number of esters is 2. The number of aryl methyl sites for hydroxylation is 3. The van der Waals surface area contributed by atoms with Crippen molar-refractivity contribution in [2.24, 2.45) is 0 Å². The number of carbonyl (C=O) groups excluding carboxylic acids is 2. The standard InChI is InChI=1S/C34H35ClN6O5/c1-4-5-6-7-27-36-16-17-40(27)30-29-31(39-34(35)38-30)41(20-37-29)28-18-25(46-33(43)24-14-10-22(3)11-15-24)26(45-28)19-44-32(42)23-12-8-21(2)9-13-23/h8-17,20,25-26,28H,4-7,18-19H2,1-3H3/t25-,26+,28+/m0/s1. The summed E-state index contributed by atoms with van der Waals surface area (Å²) in [6.07, 6.45) is 7.30. The van der Waals surface area contributed by atoms with E-state index in [0.29, 0.717) is 28.1 Å². The number of ether oxygens (including phenoxy) is 3. The van der Waals surface area contributed by atoms with E-state index in [1.165, 1.54) is 0 Å². The summed E-state index contributed by atoms with van der Waals surface area (Å²) in [6, 6.07) is 14.2. The van der Waals surface area contributed by atoms with Crippen LogP contribution in [0.1, 0.15) is 76.5 Å². The van der Waals surface area contributed by atoms with E-state index < -0.39 is 30.4 Å². The summed E-state index contributed by atoms with van der Waals surface area (Å²) in [5, 5.41) is 0.0429. The Morgan fingerprint density at radius 3 is 2.35 bits per heavy atom. The summed E-state index contributed by atoms with van der Waals surface area (Å²) in [5.41, 5.74) is 3.86. The lowest BCUT2D eigenvalue weighted by Crippen LogP contribution is -2.32. The van der Waals surface area contributed by atoms with Crippen LogP contribution in [0.15, 0.2) is 67.3 Å². The molecule has 0 spiro atoms. The van der Waals surface area contributed by atoms with Crippen molar-refractivity contribution in [1.29, 1.82) is 0 Å². The van der Waals surface area contributed by atoms with E-state index >= 15 is 0 Å². The van der Waals surface area contributed by atoms with E-state index in [4.69, 9.17) is 25.8 Å². The summed E-state index contributed by atoms with van der Waals surface area (Å²) >= 11 is 6.45. The fourth-order valence-corrected chi connectivity index (χ4v) is 5.63. The van der Waals surface area contributed by atoms with E-state index in [1.54, 1.807) is 41.4 Å². The predicted molar refractivity (Wildman–Crippen MR) is 171 cm³/mol. The maximum Gasteiger partial charge on any atom is 0.338 e. The molecule has 1 aliphatic rings. The molecule has 0 bridgehead atoms. The number of aromatic nitrogens is 6. The zero-order valence-electron chi connectivity index (χ0n) is 25.9. The third-order valence-corrected chi connectivity index (χ3v) is 8.20. The third-order valence-electron chi connectivity index (χ3n) is 8.03. The second-order valence-corrected chi connectivity index (χ2v) is 11.8. The molecular formula is C34H35ClN6O5. The molecule has 0 N–H and O–H groups in total. The van der Waals surface area contributed by atoms with Crippen molar-refractivity contribution in [1.82, 2.24) is 29.1 Å². The monoisotopic (exact) mass is 642 g/mol. The molecule has 1 aliphatic heterocycles. The van der Waals surface area contributed by atoms with Crippen LogP contribution in [0.25, 0.3) is 17.0 Å². The van der Waals surface area contributed by atoms with Crippen molar-refractivity contribution < 1.29 is 23.8 Å². The second-order valence-electron chi connectivity index (χ2n) is 11.5. The molecule has 3 aromatic heterocycles. The lowest BCUT2D eigenvalue weighted by Gasteiger charge is -2.19. The van der Waals surface area contributed by atoms with Gasteiger partial charge in [-0.25, -0.2) is 19.6 Å². The molecule has 1 saturated heterocycles. The molecule has 5 aromatic rings. The van der Waals surface area contributed by atoms with Gasteiger partial charge in [-0.2, -0.15) is 9.97 Å². The second kappa shape index (κ2) is 13.8. The first-order chi connectivity index (χ1) is 22.3. The number of hydrogen-bond donors (Lipinski definition) is 0. The van der Waals surface area contributed by atoms with Crippen LogP contribution in [-0.4, -0.2) is 59.8 Å². The molecule has 1 fully saturated rings. The molecule has 3 atom stereocenters. The molecule has 46 heavy (non-hydrogen) atoms. The Morgan fingerprint density at radius 1 is 0.957 bits per heavy atom. The first kappa shape index (κ1) is 31.4. The molecule has 2 aromatic carbocycles. The minimum atomic E-state index is -0.748. The Morgan fingerprint density at radius 2 is 1.65 bits per heavy atom. The molecule has 0 saturated carbocycles. The molecule has 0 amide bonds. The van der Waals surface area contributed by atoms with Gasteiger partial charge in [0.05, 0.1) is 17.5 Å². The van der Waals surface area contributed by atoms with Crippen LogP contribution in [-0.2, 0) is 20.6 Å². The van der Waals surface area contributed by atoms with Gasteiger partial charge in [-0.15, -0.1) is 0 Å². The number of benzene rings is 2. The molecule has 0 radical (unpaired) electrons. The first-order valence-electron chi connectivity index (χ1n) is 15.4. The lowest BCUT2D eigenvalue weighted by atomic mass is 10.1. The number of carbonyl (C=O) groups is 2. The lowest BCUT2D eigenvalue weighted by molar-refractivity contribution is -0.0563. The highest BCUT2D eigenvalue weighted by Crippen LogP contribution is 2.35. The highest BCUT2D eigenvalue weighted by Gasteiger charge is 2.41. The molecule has 12 heteroatoms. The number of halogens is 1. The summed E-state index contributed by atoms with van der Waals surface area (Å²) in [7, 11) is 0. The van der Waals surface area contributed by atoms with Crippen LogP contribution >= 0.6 is 11.6 Å². The van der Waals surface area contributed by atoms with Gasteiger partial charge in [0.2, 0.25) is 5.28 Å². The largest absolute Gasteiger partial charge is 0.459 e. The summed E-state index contributed by atoms with van der Waals surface area (Å²) in [5.74, 6) is 0.377. The fraction of sp³-hybridized carbons (Fsp3) is 0.353. The van der Waals surface area contributed by atoms with Gasteiger partial charge < -0.3 is 14.2 Å². The zero-order valence-corrected chi connectivity index (χ0v) is 26.7. The summed E-state index contributed by atoms with van der Waals surface area (Å²) in [4.78, 5) is 44.2. The highest BCUT2D eigenvalue weighted by molar-refractivity contribution is 6.28. The Labute approximate surface area is 271 Å². The minimum absolute atomic E-state index is 0.0429. The predicted octanol–water partition coefficient (Wildman–Crippen LogP) is 6.39. The maximum atomic E-state index is 13.1. The quantitative estimate of drug-likeness (QED) is 0.0916. The molecule has 0 aliphatic carbocycles. The van der Waals surface area contributed by atoms with Crippen LogP contribution in [0.5, 0.6) is 0 Å². The van der Waals surface area contributed by atoms with Gasteiger partial charge in [0.25, 0.3) is 0 Å². The van der Waals surface area contributed by atoms with Crippen molar-refractivity contribution in [3.05, 3.63) is 101 Å². The smallest absolute Gasteiger partial charge is 0.338 e. The molecule has 11 nitrogen and oxygen atoms in total. The minimum Gasteiger partial charge on any atom is -0.459 e. The van der Waals surface area contributed by atoms with Crippen molar-refractivity contribution in [2.75, 3.05) is 6.61 Å². The molecule has 4 heterocycles. The number of unbranched alkanes of at least 4 members (excludes halogenated alkanes) is 2. The van der Waals surface area contributed by atoms with Crippen molar-refractivity contribution in [3.63, 3.8) is 0 Å². The number of hydrogen-bond acceptors (Lipinski definition) is 9. The van der Waals surface area contributed by atoms with Gasteiger partial charge in [-0.3, -0.25) is 9.13 Å². The van der Waals surface area contributed by atoms with E-state index in [0.717, 1.165) is 42.6 Å². The van der Waals surface area contributed by atoms with Crippen LogP contribution in [0.2, 0.25) is 5.28 Å². The Hall–Kier alpha value is -4.61. The summed E-state index contributed by atoms with van der Waals surface area (Å²) < 4.78 is 21.6. The number of imidazole rings is 2. The normalized spacial score (nSPS) is 17.8. The topological polar surface area (TPSA) is 123 Å². The third kappa shape index (κ3) is 6.80. The van der Waals surface area contributed by atoms with Gasteiger partial charge in [-0.1, -0.05) is 55.2 Å². The van der Waals surface area contributed by atoms with Crippen LogP contribution in [0, 0.1) is 13.8 Å².